The Kier molecular flexibility index (Phi) is 5.49. The monoisotopic (exact) mass is 318 g/mol. The van der Waals surface area contributed by atoms with E-state index in [2.05, 4.69) is 46.8 Å². The minimum absolute atomic E-state index is 0.0735. The predicted octanol–water partition coefficient (Wildman–Crippen LogP) is 2.88. The fourth-order valence-corrected chi connectivity index (χ4v) is 2.82. The van der Waals surface area contributed by atoms with E-state index in [1.807, 2.05) is 12.1 Å². The zero-order valence-electron chi connectivity index (χ0n) is 13.2. The average molecular weight is 318 g/mol. The molecular formula is C16H22N4OS. The molecule has 2 heterocycles. The largest absolute Gasteiger partial charge is 0.338 e. The van der Waals surface area contributed by atoms with E-state index in [9.17, 15) is 4.79 Å². The minimum Gasteiger partial charge on any atom is -0.338 e. The minimum atomic E-state index is -0.163. The summed E-state index contributed by atoms with van der Waals surface area (Å²) in [7, 11) is 0. The molecule has 0 saturated heterocycles. The molecule has 6 heteroatoms. The molecule has 0 aliphatic heterocycles. The molecule has 2 aromatic heterocycles. The molecule has 0 saturated carbocycles. The first kappa shape index (κ1) is 16.4. The smallest absolute Gasteiger partial charge is 0.315 e. The number of carbonyl (C=O) groups excluding carboxylic acids is 1. The number of hydrogen-bond donors (Lipinski definition) is 2. The van der Waals surface area contributed by atoms with Crippen molar-refractivity contribution < 1.29 is 4.79 Å². The fourth-order valence-electron chi connectivity index (χ4n) is 1.80. The third-order valence-electron chi connectivity index (χ3n) is 3.15. The van der Waals surface area contributed by atoms with Gasteiger partial charge >= 0.3 is 6.03 Å². The van der Waals surface area contributed by atoms with E-state index in [-0.39, 0.29) is 11.4 Å². The molecule has 0 aliphatic rings. The van der Waals surface area contributed by atoms with Gasteiger partial charge in [-0.25, -0.2) is 9.78 Å². The number of carbonyl (C=O) groups is 1. The second-order valence-corrected chi connectivity index (χ2v) is 7.03. The molecule has 0 unspecified atom stereocenters. The number of nitrogens with zero attached hydrogens (tertiary/aromatic N) is 2. The van der Waals surface area contributed by atoms with Crippen LogP contribution in [-0.4, -0.2) is 22.5 Å². The molecule has 118 valence electrons. The van der Waals surface area contributed by atoms with Crippen LogP contribution in [0.15, 0.2) is 29.9 Å². The first-order valence-corrected chi connectivity index (χ1v) is 8.18. The summed E-state index contributed by atoms with van der Waals surface area (Å²) in [6, 6.07) is 3.60. The summed E-state index contributed by atoms with van der Waals surface area (Å²) in [5.74, 6) is 0. The quantitative estimate of drug-likeness (QED) is 0.891. The molecular weight excluding hydrogens is 296 g/mol. The number of rotatable bonds is 5. The summed E-state index contributed by atoms with van der Waals surface area (Å²) in [6.07, 6.45) is 4.18. The van der Waals surface area contributed by atoms with Crippen molar-refractivity contribution in [1.29, 1.82) is 0 Å². The van der Waals surface area contributed by atoms with Crippen molar-refractivity contribution in [2.75, 3.05) is 6.54 Å². The molecule has 2 rings (SSSR count). The summed E-state index contributed by atoms with van der Waals surface area (Å²) in [6.45, 7) is 7.53. The third kappa shape index (κ3) is 5.11. The molecule has 0 spiro atoms. The second kappa shape index (κ2) is 7.35. The van der Waals surface area contributed by atoms with E-state index in [1.54, 1.807) is 23.7 Å². The Morgan fingerprint density at radius 3 is 2.59 bits per heavy atom. The molecule has 0 radical (unpaired) electrons. The lowest BCUT2D eigenvalue weighted by Crippen LogP contribution is -2.36. The lowest BCUT2D eigenvalue weighted by Gasteiger charge is -2.14. The van der Waals surface area contributed by atoms with Gasteiger partial charge in [-0.3, -0.25) is 4.98 Å². The van der Waals surface area contributed by atoms with E-state index in [0.29, 0.717) is 13.1 Å². The highest BCUT2D eigenvalue weighted by molar-refractivity contribution is 7.09. The molecule has 22 heavy (non-hydrogen) atoms. The zero-order valence-corrected chi connectivity index (χ0v) is 14.0. The maximum absolute atomic E-state index is 11.7. The van der Waals surface area contributed by atoms with Gasteiger partial charge in [0.2, 0.25) is 0 Å². The van der Waals surface area contributed by atoms with Crippen LogP contribution in [0.3, 0.4) is 0 Å². The van der Waals surface area contributed by atoms with E-state index < -0.39 is 0 Å². The Morgan fingerprint density at radius 1 is 1.23 bits per heavy atom. The van der Waals surface area contributed by atoms with Crippen LogP contribution in [0.4, 0.5) is 4.79 Å². The topological polar surface area (TPSA) is 66.9 Å². The number of urea groups is 1. The fraction of sp³-hybridized carbons (Fsp3) is 0.438. The normalized spacial score (nSPS) is 11.2. The van der Waals surface area contributed by atoms with Gasteiger partial charge in [0.1, 0.15) is 0 Å². The number of hydrogen-bond acceptors (Lipinski definition) is 4. The van der Waals surface area contributed by atoms with E-state index in [1.165, 1.54) is 0 Å². The zero-order chi connectivity index (χ0) is 16.0. The number of nitrogens with one attached hydrogen (secondary N) is 2. The van der Waals surface area contributed by atoms with E-state index >= 15 is 0 Å². The van der Waals surface area contributed by atoms with Gasteiger partial charge in [0.05, 0.1) is 10.7 Å². The van der Waals surface area contributed by atoms with E-state index in [4.69, 9.17) is 0 Å². The molecule has 2 amide bonds. The Hall–Kier alpha value is -1.95. The molecule has 2 aromatic rings. The number of aromatic nitrogens is 2. The van der Waals surface area contributed by atoms with Crippen LogP contribution in [0.2, 0.25) is 0 Å². The van der Waals surface area contributed by atoms with Crippen molar-refractivity contribution in [1.82, 2.24) is 20.6 Å². The highest BCUT2D eigenvalue weighted by atomic mass is 32.1. The number of amides is 2. The van der Waals surface area contributed by atoms with Gasteiger partial charge in [-0.1, -0.05) is 20.8 Å². The van der Waals surface area contributed by atoms with Crippen LogP contribution in [0.25, 0.3) is 0 Å². The van der Waals surface area contributed by atoms with E-state index in [0.717, 1.165) is 22.7 Å². The standard InChI is InChI=1S/C16H22N4OS/c1-16(2,3)13-11-22-14(20-13)6-9-18-15(21)19-10-12-4-7-17-8-5-12/h4-5,7-8,11H,6,9-10H2,1-3H3,(H2,18,19,21). The van der Waals surface area contributed by atoms with Crippen LogP contribution in [0, 0.1) is 0 Å². The Labute approximate surface area is 135 Å². The molecule has 2 N–H and O–H groups in total. The van der Waals surface area contributed by atoms with Crippen LogP contribution < -0.4 is 10.6 Å². The molecule has 0 aromatic carbocycles. The Balaban J connectivity index is 1.70. The van der Waals surface area contributed by atoms with Gasteiger partial charge in [-0.15, -0.1) is 11.3 Å². The van der Waals surface area contributed by atoms with Crippen molar-refractivity contribution in [3.8, 4) is 0 Å². The van der Waals surface area contributed by atoms with Gasteiger partial charge in [-0.2, -0.15) is 0 Å². The summed E-state index contributed by atoms with van der Waals surface area (Å²) >= 11 is 1.65. The highest BCUT2D eigenvalue weighted by Crippen LogP contribution is 2.23. The highest BCUT2D eigenvalue weighted by Gasteiger charge is 2.17. The van der Waals surface area contributed by atoms with Crippen LogP contribution in [0.5, 0.6) is 0 Å². The van der Waals surface area contributed by atoms with Crippen molar-refractivity contribution in [2.24, 2.45) is 0 Å². The number of thiazole rings is 1. The third-order valence-corrected chi connectivity index (χ3v) is 4.06. The molecule has 0 aliphatic carbocycles. The van der Waals surface area contributed by atoms with Gasteiger partial charge in [-0.05, 0) is 17.7 Å². The van der Waals surface area contributed by atoms with Crippen LogP contribution in [0.1, 0.15) is 37.0 Å². The molecule has 0 atom stereocenters. The van der Waals surface area contributed by atoms with Crippen molar-refractivity contribution >= 4 is 17.4 Å². The SMILES string of the molecule is CC(C)(C)c1csc(CCNC(=O)NCc2ccncc2)n1. The lowest BCUT2D eigenvalue weighted by molar-refractivity contribution is 0.240. The number of pyridine rings is 1. The van der Waals surface area contributed by atoms with Gasteiger partial charge in [0, 0.05) is 42.7 Å². The maximum Gasteiger partial charge on any atom is 0.315 e. The lowest BCUT2D eigenvalue weighted by atomic mass is 9.93. The van der Waals surface area contributed by atoms with Crippen LogP contribution >= 0.6 is 11.3 Å². The Morgan fingerprint density at radius 2 is 1.95 bits per heavy atom. The maximum atomic E-state index is 11.7. The van der Waals surface area contributed by atoms with Gasteiger partial charge in [0.15, 0.2) is 0 Å². The first-order chi connectivity index (χ1) is 10.4. The average Bonchev–Trinajstić information content (AvgIpc) is 2.95. The second-order valence-electron chi connectivity index (χ2n) is 6.09. The molecule has 0 bridgehead atoms. The first-order valence-electron chi connectivity index (χ1n) is 7.30. The summed E-state index contributed by atoms with van der Waals surface area (Å²) < 4.78 is 0. The van der Waals surface area contributed by atoms with Crippen molar-refractivity contribution in [3.05, 3.63) is 46.2 Å². The molecule has 0 fully saturated rings. The van der Waals surface area contributed by atoms with Gasteiger partial charge in [0.25, 0.3) is 0 Å². The van der Waals surface area contributed by atoms with Crippen LogP contribution in [-0.2, 0) is 18.4 Å². The molecule has 5 nitrogen and oxygen atoms in total. The predicted molar refractivity (Wildman–Crippen MR) is 89.0 cm³/mol. The Bertz CT molecular complexity index is 604. The summed E-state index contributed by atoms with van der Waals surface area (Å²) in [4.78, 5) is 20.3. The van der Waals surface area contributed by atoms with Crippen molar-refractivity contribution in [3.63, 3.8) is 0 Å². The summed E-state index contributed by atoms with van der Waals surface area (Å²) in [5, 5.41) is 8.82. The van der Waals surface area contributed by atoms with Crippen molar-refractivity contribution in [2.45, 2.75) is 39.2 Å². The summed E-state index contributed by atoms with van der Waals surface area (Å²) in [5.41, 5.74) is 2.21. The van der Waals surface area contributed by atoms with Gasteiger partial charge < -0.3 is 10.6 Å².